The molecule has 1 aromatic carbocycles. The van der Waals surface area contributed by atoms with E-state index in [4.69, 9.17) is 4.74 Å². The first kappa shape index (κ1) is 12.0. The maximum absolute atomic E-state index is 10.5. The molecule has 0 spiro atoms. The zero-order chi connectivity index (χ0) is 11.4. The van der Waals surface area contributed by atoms with E-state index in [9.17, 15) is 9.90 Å². The minimum atomic E-state index is 0.0129. The fraction of sp³-hybridized carbons (Fsp3) is 0.364. The SMILES string of the molecule is COc1c(O)ccc(Br)c1C(C)CC=O. The summed E-state index contributed by atoms with van der Waals surface area (Å²) in [6.45, 7) is 1.91. The Hall–Kier alpha value is -1.03. The van der Waals surface area contributed by atoms with Crippen LogP contribution in [-0.2, 0) is 4.79 Å². The number of halogens is 1. The van der Waals surface area contributed by atoms with E-state index in [0.717, 1.165) is 16.3 Å². The van der Waals surface area contributed by atoms with Crippen LogP contribution >= 0.6 is 15.9 Å². The summed E-state index contributed by atoms with van der Waals surface area (Å²) in [7, 11) is 1.50. The molecule has 3 nitrogen and oxygen atoms in total. The van der Waals surface area contributed by atoms with Crippen LogP contribution in [0.5, 0.6) is 11.5 Å². The monoisotopic (exact) mass is 272 g/mol. The number of carbonyl (C=O) groups excluding carboxylic acids is 1. The van der Waals surface area contributed by atoms with Gasteiger partial charge < -0.3 is 14.6 Å². The fourth-order valence-corrected chi connectivity index (χ4v) is 2.20. The molecule has 1 atom stereocenters. The standard InChI is InChI=1S/C11H13BrO3/c1-7(5-6-13)10-8(12)3-4-9(14)11(10)15-2/h3-4,6-7,14H,5H2,1-2H3. The van der Waals surface area contributed by atoms with Crippen molar-refractivity contribution in [1.29, 1.82) is 0 Å². The van der Waals surface area contributed by atoms with Gasteiger partial charge in [0.2, 0.25) is 0 Å². The second-order valence-electron chi connectivity index (χ2n) is 3.32. The van der Waals surface area contributed by atoms with E-state index >= 15 is 0 Å². The first-order chi connectivity index (χ1) is 7.11. The van der Waals surface area contributed by atoms with Gasteiger partial charge >= 0.3 is 0 Å². The predicted molar refractivity (Wildman–Crippen MR) is 61.5 cm³/mol. The maximum atomic E-state index is 10.5. The minimum absolute atomic E-state index is 0.0129. The van der Waals surface area contributed by atoms with E-state index in [1.807, 2.05) is 6.92 Å². The number of methoxy groups -OCH3 is 1. The van der Waals surface area contributed by atoms with Gasteiger partial charge in [-0.1, -0.05) is 22.9 Å². The van der Waals surface area contributed by atoms with E-state index < -0.39 is 0 Å². The minimum Gasteiger partial charge on any atom is -0.504 e. The molecule has 0 heterocycles. The second-order valence-corrected chi connectivity index (χ2v) is 4.17. The Labute approximate surface area is 97.2 Å². The Kier molecular flexibility index (Phi) is 4.15. The normalized spacial score (nSPS) is 12.2. The van der Waals surface area contributed by atoms with Crippen molar-refractivity contribution in [2.24, 2.45) is 0 Å². The number of phenols is 1. The van der Waals surface area contributed by atoms with Crippen LogP contribution in [0.1, 0.15) is 24.8 Å². The summed E-state index contributed by atoms with van der Waals surface area (Å²) in [5.41, 5.74) is 0.824. The van der Waals surface area contributed by atoms with Gasteiger partial charge in [0.05, 0.1) is 7.11 Å². The molecule has 0 bridgehead atoms. The van der Waals surface area contributed by atoms with Gasteiger partial charge in [0.15, 0.2) is 11.5 Å². The maximum Gasteiger partial charge on any atom is 0.165 e. The van der Waals surface area contributed by atoms with E-state index in [1.165, 1.54) is 7.11 Å². The zero-order valence-corrected chi connectivity index (χ0v) is 10.2. The van der Waals surface area contributed by atoms with Crippen molar-refractivity contribution < 1.29 is 14.6 Å². The third-order valence-corrected chi connectivity index (χ3v) is 2.96. The third-order valence-electron chi connectivity index (χ3n) is 2.27. The van der Waals surface area contributed by atoms with Crippen molar-refractivity contribution in [3.05, 3.63) is 22.2 Å². The topological polar surface area (TPSA) is 46.5 Å². The van der Waals surface area contributed by atoms with Crippen molar-refractivity contribution >= 4 is 22.2 Å². The molecule has 0 amide bonds. The second kappa shape index (κ2) is 5.16. The summed E-state index contributed by atoms with van der Waals surface area (Å²) in [6, 6.07) is 3.30. The average molecular weight is 273 g/mol. The highest BCUT2D eigenvalue weighted by Crippen LogP contribution is 2.40. The third kappa shape index (κ3) is 2.50. The van der Waals surface area contributed by atoms with Crippen molar-refractivity contribution in [2.75, 3.05) is 7.11 Å². The highest BCUT2D eigenvalue weighted by atomic mass is 79.9. The Balaban J connectivity index is 3.23. The lowest BCUT2D eigenvalue weighted by Crippen LogP contribution is -2.00. The summed E-state index contributed by atoms with van der Waals surface area (Å²) < 4.78 is 5.97. The van der Waals surface area contributed by atoms with Crippen LogP contribution in [-0.4, -0.2) is 18.5 Å². The summed E-state index contributed by atoms with van der Waals surface area (Å²) in [5.74, 6) is 0.533. The van der Waals surface area contributed by atoms with E-state index in [2.05, 4.69) is 15.9 Å². The van der Waals surface area contributed by atoms with Crippen molar-refractivity contribution in [3.63, 3.8) is 0 Å². The molecule has 82 valence electrons. The number of phenolic OH excluding ortho intramolecular Hbond substituents is 1. The predicted octanol–water partition coefficient (Wildman–Crippen LogP) is 2.86. The molecule has 15 heavy (non-hydrogen) atoms. The van der Waals surface area contributed by atoms with Crippen LogP contribution in [0.2, 0.25) is 0 Å². The highest BCUT2D eigenvalue weighted by molar-refractivity contribution is 9.10. The molecular formula is C11H13BrO3. The lowest BCUT2D eigenvalue weighted by Gasteiger charge is -2.16. The number of aromatic hydroxyl groups is 1. The molecule has 0 aliphatic heterocycles. The van der Waals surface area contributed by atoms with E-state index in [1.54, 1.807) is 12.1 Å². The van der Waals surface area contributed by atoms with Gasteiger partial charge in [-0.15, -0.1) is 0 Å². The molecule has 0 saturated heterocycles. The van der Waals surface area contributed by atoms with Gasteiger partial charge in [0.25, 0.3) is 0 Å². The van der Waals surface area contributed by atoms with E-state index in [-0.39, 0.29) is 11.7 Å². The highest BCUT2D eigenvalue weighted by Gasteiger charge is 2.17. The van der Waals surface area contributed by atoms with Gasteiger partial charge in [-0.05, 0) is 18.1 Å². The molecule has 0 saturated carbocycles. The summed E-state index contributed by atoms with van der Waals surface area (Å²) in [5, 5.41) is 9.60. The first-order valence-electron chi connectivity index (χ1n) is 4.60. The quantitative estimate of drug-likeness (QED) is 0.858. The van der Waals surface area contributed by atoms with Crippen molar-refractivity contribution in [3.8, 4) is 11.5 Å². The number of ether oxygens (including phenoxy) is 1. The van der Waals surface area contributed by atoms with Gasteiger partial charge in [-0.25, -0.2) is 0 Å². The van der Waals surface area contributed by atoms with E-state index in [0.29, 0.717) is 12.2 Å². The fourth-order valence-electron chi connectivity index (χ4n) is 1.50. The molecule has 0 radical (unpaired) electrons. The molecule has 0 aromatic heterocycles. The first-order valence-corrected chi connectivity index (χ1v) is 5.40. The van der Waals surface area contributed by atoms with Crippen molar-refractivity contribution in [1.82, 2.24) is 0 Å². The number of carbonyl (C=O) groups is 1. The van der Waals surface area contributed by atoms with Gasteiger partial charge in [-0.3, -0.25) is 0 Å². The summed E-state index contributed by atoms with van der Waals surface area (Å²) in [4.78, 5) is 10.5. The Morgan fingerprint density at radius 1 is 1.60 bits per heavy atom. The van der Waals surface area contributed by atoms with Crippen LogP contribution in [0.3, 0.4) is 0 Å². The Morgan fingerprint density at radius 2 is 2.27 bits per heavy atom. The molecule has 0 fully saturated rings. The van der Waals surface area contributed by atoms with Crippen LogP contribution in [0.15, 0.2) is 16.6 Å². The lowest BCUT2D eigenvalue weighted by molar-refractivity contribution is -0.108. The Morgan fingerprint density at radius 3 is 2.80 bits per heavy atom. The van der Waals surface area contributed by atoms with Gasteiger partial charge in [0.1, 0.15) is 6.29 Å². The molecule has 1 rings (SSSR count). The number of benzene rings is 1. The van der Waals surface area contributed by atoms with Crippen LogP contribution in [0.25, 0.3) is 0 Å². The van der Waals surface area contributed by atoms with Crippen LogP contribution in [0.4, 0.5) is 0 Å². The molecule has 0 aliphatic carbocycles. The largest absolute Gasteiger partial charge is 0.504 e. The molecular weight excluding hydrogens is 260 g/mol. The van der Waals surface area contributed by atoms with Crippen molar-refractivity contribution in [2.45, 2.75) is 19.3 Å². The number of hydrogen-bond donors (Lipinski definition) is 1. The number of rotatable bonds is 4. The molecule has 1 unspecified atom stereocenters. The molecule has 4 heteroatoms. The molecule has 1 aromatic rings. The number of aldehydes is 1. The van der Waals surface area contributed by atoms with Gasteiger partial charge in [0, 0.05) is 16.5 Å². The summed E-state index contributed by atoms with van der Waals surface area (Å²) >= 11 is 3.39. The van der Waals surface area contributed by atoms with Crippen LogP contribution in [0, 0.1) is 0 Å². The molecule has 0 aliphatic rings. The van der Waals surface area contributed by atoms with Gasteiger partial charge in [-0.2, -0.15) is 0 Å². The Bertz CT molecular complexity index is 363. The van der Waals surface area contributed by atoms with Crippen LogP contribution < -0.4 is 4.74 Å². The zero-order valence-electron chi connectivity index (χ0n) is 8.66. The average Bonchev–Trinajstić information content (AvgIpc) is 2.21. The number of hydrogen-bond acceptors (Lipinski definition) is 3. The summed E-state index contributed by atoms with van der Waals surface area (Å²) in [6.07, 6.45) is 1.26. The smallest absolute Gasteiger partial charge is 0.165 e. The lowest BCUT2D eigenvalue weighted by atomic mass is 9.97. The molecule has 1 N–H and O–H groups in total.